The van der Waals surface area contributed by atoms with Gasteiger partial charge in [0.2, 0.25) is 0 Å². The molecule has 1 N–H and O–H groups in total. The van der Waals surface area contributed by atoms with Gasteiger partial charge in [0.15, 0.2) is 29.8 Å². The van der Waals surface area contributed by atoms with Crippen LogP contribution in [-0.2, 0) is 4.74 Å². The number of rotatable bonds is 11. The zero-order chi connectivity index (χ0) is 25.4. The van der Waals surface area contributed by atoms with Gasteiger partial charge in [0.25, 0.3) is 0 Å². The first-order chi connectivity index (χ1) is 16.9. The molecule has 0 atom stereocenters. The van der Waals surface area contributed by atoms with Gasteiger partial charge in [-0.05, 0) is 61.7 Å². The van der Waals surface area contributed by atoms with Crippen molar-refractivity contribution in [2.45, 2.75) is 20.3 Å². The predicted octanol–water partition coefficient (Wildman–Crippen LogP) is 6.60. The average Bonchev–Trinajstić information content (AvgIpc) is 2.85. The number of allylic oxidation sites excluding steroid dienone is 1. The minimum absolute atomic E-state index is 0.0315. The number of ether oxygens (including phenoxy) is 5. The summed E-state index contributed by atoms with van der Waals surface area (Å²) in [7, 11) is 4.52. The largest absolute Gasteiger partial charge is 0.504 e. The average molecular weight is 483 g/mol. The molecule has 0 heterocycles. The highest BCUT2D eigenvalue weighted by Crippen LogP contribution is 2.50. The lowest BCUT2D eigenvalue weighted by atomic mass is 9.96. The Morgan fingerprint density at radius 1 is 0.857 bits per heavy atom. The van der Waals surface area contributed by atoms with Gasteiger partial charge < -0.3 is 28.8 Å². The number of phenolic OH excluding ortho intramolecular Hbond substituents is 1. The molecule has 35 heavy (non-hydrogen) atoms. The molecule has 0 unspecified atom stereocenters. The third-order valence-corrected chi connectivity index (χ3v) is 5.29. The number of halogens is 1. The van der Waals surface area contributed by atoms with Crippen molar-refractivity contribution >= 4 is 0 Å². The van der Waals surface area contributed by atoms with E-state index >= 15 is 0 Å². The van der Waals surface area contributed by atoms with E-state index in [4.69, 9.17) is 23.7 Å². The first-order valence-electron chi connectivity index (χ1n) is 11.2. The molecule has 0 aliphatic carbocycles. The first kappa shape index (κ1) is 25.9. The van der Waals surface area contributed by atoms with Crippen molar-refractivity contribution in [3.8, 4) is 51.0 Å². The maximum absolute atomic E-state index is 13.4. The number of aromatic hydroxyl groups is 1. The molecular weight excluding hydrogens is 451 g/mol. The highest BCUT2D eigenvalue weighted by molar-refractivity contribution is 5.88. The minimum atomic E-state index is -0.354. The summed E-state index contributed by atoms with van der Waals surface area (Å²) in [4.78, 5) is 0. The molecule has 0 aromatic heterocycles. The fourth-order valence-electron chi connectivity index (χ4n) is 3.65. The van der Waals surface area contributed by atoms with Crippen molar-refractivity contribution in [2.75, 3.05) is 34.7 Å². The Morgan fingerprint density at radius 2 is 1.57 bits per heavy atom. The third kappa shape index (κ3) is 6.25. The van der Waals surface area contributed by atoms with Gasteiger partial charge in [-0.3, -0.25) is 0 Å². The number of phenols is 1. The summed E-state index contributed by atoms with van der Waals surface area (Å²) in [5.74, 6) is 1.21. The van der Waals surface area contributed by atoms with Crippen LogP contribution in [0.3, 0.4) is 0 Å². The summed E-state index contributed by atoms with van der Waals surface area (Å²) in [6, 6.07) is 13.0. The molecule has 3 aromatic rings. The van der Waals surface area contributed by atoms with Crippen LogP contribution < -0.4 is 18.9 Å². The van der Waals surface area contributed by atoms with E-state index < -0.39 is 0 Å². The van der Waals surface area contributed by atoms with Crippen LogP contribution in [0, 0.1) is 5.82 Å². The van der Waals surface area contributed by atoms with E-state index in [1.54, 1.807) is 30.3 Å². The molecule has 186 valence electrons. The fraction of sp³-hybridized carbons (Fsp3) is 0.286. The lowest BCUT2D eigenvalue weighted by Gasteiger charge is -2.19. The monoisotopic (exact) mass is 482 g/mol. The van der Waals surface area contributed by atoms with Gasteiger partial charge in [-0.2, -0.15) is 0 Å². The zero-order valence-corrected chi connectivity index (χ0v) is 20.7. The second-order valence-electron chi connectivity index (χ2n) is 8.02. The molecule has 0 saturated carbocycles. The Balaban J connectivity index is 2.07. The quantitative estimate of drug-likeness (QED) is 0.189. The number of hydrogen-bond donors (Lipinski definition) is 1. The molecule has 0 bridgehead atoms. The Kier molecular flexibility index (Phi) is 8.98. The van der Waals surface area contributed by atoms with Crippen LogP contribution in [0.1, 0.15) is 20.3 Å². The Morgan fingerprint density at radius 3 is 2.20 bits per heavy atom. The minimum Gasteiger partial charge on any atom is -0.504 e. The van der Waals surface area contributed by atoms with Gasteiger partial charge in [-0.25, -0.2) is 4.39 Å². The number of hydrogen-bond acceptors (Lipinski definition) is 6. The number of methoxy groups -OCH3 is 3. The van der Waals surface area contributed by atoms with Crippen LogP contribution in [0.25, 0.3) is 22.3 Å². The van der Waals surface area contributed by atoms with Crippen molar-refractivity contribution in [2.24, 2.45) is 0 Å². The second kappa shape index (κ2) is 12.1. The second-order valence-corrected chi connectivity index (χ2v) is 8.02. The van der Waals surface area contributed by atoms with Crippen LogP contribution in [0.4, 0.5) is 4.39 Å². The Labute approximate surface area is 205 Å². The molecule has 0 spiro atoms. The highest BCUT2D eigenvalue weighted by atomic mass is 19.1. The maximum Gasteiger partial charge on any atom is 0.188 e. The first-order valence-corrected chi connectivity index (χ1v) is 11.2. The van der Waals surface area contributed by atoms with Crippen LogP contribution >= 0.6 is 0 Å². The summed E-state index contributed by atoms with van der Waals surface area (Å²) in [6.07, 6.45) is 2.87. The molecule has 3 aromatic carbocycles. The molecule has 0 aliphatic heterocycles. The number of benzene rings is 3. The lowest BCUT2D eigenvalue weighted by Crippen LogP contribution is -2.03. The van der Waals surface area contributed by atoms with Crippen molar-refractivity contribution in [3.05, 3.63) is 66.0 Å². The van der Waals surface area contributed by atoms with Gasteiger partial charge in [0, 0.05) is 12.7 Å². The molecule has 0 radical (unpaired) electrons. The van der Waals surface area contributed by atoms with Crippen LogP contribution in [0.2, 0.25) is 0 Å². The third-order valence-electron chi connectivity index (χ3n) is 5.29. The summed E-state index contributed by atoms with van der Waals surface area (Å²) in [5, 5.41) is 11.2. The summed E-state index contributed by atoms with van der Waals surface area (Å²) in [5.41, 5.74) is 3.52. The van der Waals surface area contributed by atoms with Crippen LogP contribution in [-0.4, -0.2) is 39.8 Å². The zero-order valence-electron chi connectivity index (χ0n) is 20.7. The van der Waals surface area contributed by atoms with E-state index in [-0.39, 0.29) is 24.1 Å². The maximum atomic E-state index is 13.4. The fourth-order valence-corrected chi connectivity index (χ4v) is 3.65. The van der Waals surface area contributed by atoms with Crippen molar-refractivity contribution in [1.82, 2.24) is 0 Å². The predicted molar refractivity (Wildman–Crippen MR) is 134 cm³/mol. The SMILES string of the molecule is COCOc1cc(-c2c(OC)cc(-c3ccc(F)cc3)c(OC)c2O)ccc1OCCC=C(C)C. The molecule has 0 amide bonds. The van der Waals surface area contributed by atoms with E-state index in [2.05, 4.69) is 6.08 Å². The Hall–Kier alpha value is -3.71. The smallest absolute Gasteiger partial charge is 0.188 e. The van der Waals surface area contributed by atoms with E-state index in [9.17, 15) is 9.50 Å². The van der Waals surface area contributed by atoms with Crippen molar-refractivity contribution in [1.29, 1.82) is 0 Å². The highest BCUT2D eigenvalue weighted by Gasteiger charge is 2.23. The van der Waals surface area contributed by atoms with Gasteiger partial charge in [0.05, 0.1) is 26.4 Å². The summed E-state index contributed by atoms with van der Waals surface area (Å²) >= 11 is 0. The summed E-state index contributed by atoms with van der Waals surface area (Å²) in [6.45, 7) is 4.60. The van der Waals surface area contributed by atoms with E-state index in [0.29, 0.717) is 46.1 Å². The van der Waals surface area contributed by atoms with Crippen molar-refractivity contribution in [3.63, 3.8) is 0 Å². The normalized spacial score (nSPS) is 10.6. The lowest BCUT2D eigenvalue weighted by molar-refractivity contribution is 0.0487. The molecule has 3 rings (SSSR count). The molecule has 7 heteroatoms. The Bertz CT molecular complexity index is 1170. The van der Waals surface area contributed by atoms with Gasteiger partial charge >= 0.3 is 0 Å². The van der Waals surface area contributed by atoms with Gasteiger partial charge in [-0.15, -0.1) is 0 Å². The van der Waals surface area contributed by atoms with Gasteiger partial charge in [0.1, 0.15) is 11.6 Å². The molecule has 6 nitrogen and oxygen atoms in total. The molecule has 0 aliphatic rings. The van der Waals surface area contributed by atoms with Gasteiger partial charge in [-0.1, -0.05) is 29.8 Å². The molecule has 0 fully saturated rings. The van der Waals surface area contributed by atoms with Crippen LogP contribution in [0.5, 0.6) is 28.7 Å². The molecule has 0 saturated heterocycles. The topological polar surface area (TPSA) is 66.4 Å². The van der Waals surface area contributed by atoms with Crippen LogP contribution in [0.15, 0.2) is 60.2 Å². The summed E-state index contributed by atoms with van der Waals surface area (Å²) < 4.78 is 41.4. The van der Waals surface area contributed by atoms with E-state index in [1.165, 1.54) is 39.0 Å². The van der Waals surface area contributed by atoms with Crippen molar-refractivity contribution < 1.29 is 33.2 Å². The van der Waals surface area contributed by atoms with E-state index in [1.807, 2.05) is 19.9 Å². The van der Waals surface area contributed by atoms with E-state index in [0.717, 1.165) is 6.42 Å². The molecular formula is C28H31FO6. The standard InChI is InChI=1S/C28H31FO6/c1-18(2)7-6-14-34-23-13-10-20(15-24(23)35-17-31-3)26-25(32-4)16-22(28(33-5)27(26)30)19-8-11-21(29)12-9-19/h7-13,15-16,30H,6,14,17H2,1-5H3.